The van der Waals surface area contributed by atoms with E-state index in [1.165, 1.54) is 0 Å². The highest BCUT2D eigenvalue weighted by molar-refractivity contribution is 6.02. The number of phenolic OH excluding ortho intramolecular Hbond substituents is 1. The van der Waals surface area contributed by atoms with Crippen LogP contribution in [0, 0.1) is 0 Å². The van der Waals surface area contributed by atoms with Crippen LogP contribution in [0.5, 0.6) is 11.5 Å². The van der Waals surface area contributed by atoms with E-state index >= 15 is 0 Å². The largest absolute Gasteiger partial charge is 0.508 e. The molecule has 7 heteroatoms. The van der Waals surface area contributed by atoms with E-state index in [9.17, 15) is 9.90 Å². The third-order valence-corrected chi connectivity index (χ3v) is 6.18. The fourth-order valence-corrected chi connectivity index (χ4v) is 4.64. The molecule has 0 aromatic heterocycles. The third-order valence-electron chi connectivity index (χ3n) is 6.18. The average Bonchev–Trinajstić information content (AvgIpc) is 3.22. The van der Waals surface area contributed by atoms with Crippen molar-refractivity contribution in [1.82, 2.24) is 9.91 Å². The predicted molar refractivity (Wildman–Crippen MR) is 111 cm³/mol. The van der Waals surface area contributed by atoms with E-state index in [1.54, 1.807) is 17.0 Å². The number of benzene rings is 2. The van der Waals surface area contributed by atoms with Crippen LogP contribution in [0.25, 0.3) is 0 Å². The Morgan fingerprint density at radius 3 is 2.67 bits per heavy atom. The standard InChI is InChI=1S/C23H25N3O4/c1-2-29-22(28)25-13-11-23(12-14-25)26-20(18-5-3-4-6-21(18)30-23)15-19(24-26)16-7-9-17(27)10-8-16/h3-10,20,27H,2,11-15H2,1H3/t20-/m0/s1. The first-order chi connectivity index (χ1) is 14.6. The zero-order valence-electron chi connectivity index (χ0n) is 17.0. The second-order valence-electron chi connectivity index (χ2n) is 7.93. The first-order valence-corrected chi connectivity index (χ1v) is 10.5. The summed E-state index contributed by atoms with van der Waals surface area (Å²) >= 11 is 0. The lowest BCUT2D eigenvalue weighted by atomic mass is 9.91. The molecule has 0 saturated carbocycles. The summed E-state index contributed by atoms with van der Waals surface area (Å²) in [7, 11) is 0. The number of fused-ring (bicyclic) bond motifs is 4. The van der Waals surface area contributed by atoms with E-state index in [2.05, 4.69) is 11.1 Å². The SMILES string of the molecule is CCOC(=O)N1CCC2(CC1)Oc1ccccc1[C@@H]1CC(c3ccc(O)cc3)=NN12. The number of piperidine rings is 1. The van der Waals surface area contributed by atoms with Gasteiger partial charge >= 0.3 is 6.09 Å². The number of aromatic hydroxyl groups is 1. The van der Waals surface area contributed by atoms with E-state index < -0.39 is 5.72 Å². The second kappa shape index (κ2) is 7.23. The smallest absolute Gasteiger partial charge is 0.409 e. The molecule has 1 saturated heterocycles. The first kappa shape index (κ1) is 18.8. The summed E-state index contributed by atoms with van der Waals surface area (Å²) in [6.45, 7) is 3.32. The Balaban J connectivity index is 1.47. The van der Waals surface area contributed by atoms with E-state index in [4.69, 9.17) is 14.6 Å². The van der Waals surface area contributed by atoms with Crippen LogP contribution in [0.15, 0.2) is 53.6 Å². The first-order valence-electron chi connectivity index (χ1n) is 10.5. The van der Waals surface area contributed by atoms with Gasteiger partial charge < -0.3 is 19.5 Å². The Morgan fingerprint density at radius 1 is 1.20 bits per heavy atom. The zero-order valence-corrected chi connectivity index (χ0v) is 17.0. The molecular formula is C23H25N3O4. The topological polar surface area (TPSA) is 74.6 Å². The maximum Gasteiger partial charge on any atom is 0.409 e. The average molecular weight is 407 g/mol. The fraction of sp³-hybridized carbons (Fsp3) is 0.391. The molecule has 1 fully saturated rings. The van der Waals surface area contributed by atoms with Gasteiger partial charge in [-0.2, -0.15) is 5.10 Å². The van der Waals surface area contributed by atoms with E-state index in [0.717, 1.165) is 29.0 Å². The van der Waals surface area contributed by atoms with Crippen molar-refractivity contribution < 1.29 is 19.4 Å². The quantitative estimate of drug-likeness (QED) is 0.818. The van der Waals surface area contributed by atoms with Crippen LogP contribution in [-0.2, 0) is 4.74 Å². The minimum atomic E-state index is -0.583. The van der Waals surface area contributed by atoms with E-state index in [0.29, 0.717) is 32.5 Å². The van der Waals surface area contributed by atoms with Crippen LogP contribution in [0.4, 0.5) is 4.79 Å². The van der Waals surface area contributed by atoms with Gasteiger partial charge in [0.1, 0.15) is 11.5 Å². The number of likely N-dealkylation sites (tertiary alicyclic amines) is 1. The molecule has 3 aliphatic rings. The van der Waals surface area contributed by atoms with Crippen molar-refractivity contribution in [3.8, 4) is 11.5 Å². The van der Waals surface area contributed by atoms with Gasteiger partial charge in [0.25, 0.3) is 0 Å². The van der Waals surface area contributed by atoms with E-state index in [-0.39, 0.29) is 17.9 Å². The maximum absolute atomic E-state index is 12.2. The monoisotopic (exact) mass is 407 g/mol. The number of nitrogens with zero attached hydrogens (tertiary/aromatic N) is 3. The van der Waals surface area contributed by atoms with Crippen molar-refractivity contribution in [3.63, 3.8) is 0 Å². The van der Waals surface area contributed by atoms with Gasteiger partial charge in [-0.25, -0.2) is 9.80 Å². The highest BCUT2D eigenvalue weighted by Gasteiger charge is 2.52. The molecule has 0 bridgehead atoms. The molecular weight excluding hydrogens is 382 g/mol. The van der Waals surface area contributed by atoms with Crippen molar-refractivity contribution in [1.29, 1.82) is 0 Å². The van der Waals surface area contributed by atoms with Crippen LogP contribution < -0.4 is 4.74 Å². The molecule has 0 unspecified atom stereocenters. The summed E-state index contributed by atoms with van der Waals surface area (Å²) in [4.78, 5) is 13.9. The highest BCUT2D eigenvalue weighted by atomic mass is 16.6. The lowest BCUT2D eigenvalue weighted by Gasteiger charge is -2.50. The zero-order chi connectivity index (χ0) is 20.7. The van der Waals surface area contributed by atoms with Crippen molar-refractivity contribution >= 4 is 11.8 Å². The van der Waals surface area contributed by atoms with Crippen molar-refractivity contribution in [3.05, 3.63) is 59.7 Å². The number of hydrogen-bond acceptors (Lipinski definition) is 6. The normalized spacial score (nSPS) is 21.5. The lowest BCUT2D eigenvalue weighted by Crippen LogP contribution is -2.59. The summed E-state index contributed by atoms with van der Waals surface area (Å²) in [5.41, 5.74) is 2.53. The summed E-state index contributed by atoms with van der Waals surface area (Å²) < 4.78 is 11.7. The Kier molecular flexibility index (Phi) is 4.53. The molecule has 0 radical (unpaired) electrons. The second-order valence-corrected chi connectivity index (χ2v) is 7.93. The maximum atomic E-state index is 12.2. The molecule has 30 heavy (non-hydrogen) atoms. The molecule has 3 heterocycles. The van der Waals surface area contributed by atoms with Gasteiger partial charge in [-0.3, -0.25) is 0 Å². The molecule has 7 nitrogen and oxygen atoms in total. The number of hydrogen-bond donors (Lipinski definition) is 1. The van der Waals surface area contributed by atoms with Crippen molar-refractivity contribution in [2.45, 2.75) is 38.0 Å². The minimum Gasteiger partial charge on any atom is -0.508 e. The van der Waals surface area contributed by atoms with E-state index in [1.807, 2.05) is 37.3 Å². The Morgan fingerprint density at radius 2 is 1.93 bits per heavy atom. The number of rotatable bonds is 2. The van der Waals surface area contributed by atoms with Crippen LogP contribution in [-0.4, -0.2) is 52.2 Å². The fourth-order valence-electron chi connectivity index (χ4n) is 4.64. The molecule has 156 valence electrons. The van der Waals surface area contributed by atoms with Crippen LogP contribution in [0.3, 0.4) is 0 Å². The molecule has 5 rings (SSSR count). The third kappa shape index (κ3) is 3.05. The lowest BCUT2D eigenvalue weighted by molar-refractivity contribution is -0.147. The highest BCUT2D eigenvalue weighted by Crippen LogP contribution is 2.49. The van der Waals surface area contributed by atoms with Crippen molar-refractivity contribution in [2.24, 2.45) is 5.10 Å². The molecule has 1 N–H and O–H groups in total. The number of phenols is 1. The number of hydrazone groups is 1. The van der Waals surface area contributed by atoms with Gasteiger partial charge in [0.05, 0.1) is 18.4 Å². The Hall–Kier alpha value is -3.22. The molecule has 3 aliphatic heterocycles. The Bertz CT molecular complexity index is 980. The van der Waals surface area contributed by atoms with Gasteiger partial charge in [0.2, 0.25) is 5.72 Å². The molecule has 0 aliphatic carbocycles. The molecule has 1 atom stereocenters. The van der Waals surface area contributed by atoms with Gasteiger partial charge in [0, 0.05) is 37.9 Å². The van der Waals surface area contributed by atoms with Crippen LogP contribution >= 0.6 is 0 Å². The number of carbonyl (C=O) groups excluding carboxylic acids is 1. The summed E-state index contributed by atoms with van der Waals surface area (Å²) in [5.74, 6) is 1.14. The van der Waals surface area contributed by atoms with Gasteiger partial charge in [-0.05, 0) is 42.8 Å². The van der Waals surface area contributed by atoms with Gasteiger partial charge in [-0.15, -0.1) is 0 Å². The minimum absolute atomic E-state index is 0.0906. The number of amides is 1. The number of para-hydroxylation sites is 1. The summed E-state index contributed by atoms with van der Waals surface area (Å²) in [6.07, 6.45) is 1.82. The van der Waals surface area contributed by atoms with Gasteiger partial charge in [-0.1, -0.05) is 18.2 Å². The number of carbonyl (C=O) groups is 1. The molecule has 2 aromatic rings. The molecule has 2 aromatic carbocycles. The van der Waals surface area contributed by atoms with Crippen LogP contribution in [0.1, 0.15) is 43.4 Å². The van der Waals surface area contributed by atoms with Crippen molar-refractivity contribution in [2.75, 3.05) is 19.7 Å². The predicted octanol–water partition coefficient (Wildman–Crippen LogP) is 3.88. The Labute approximate surface area is 175 Å². The molecule has 1 spiro atoms. The molecule has 1 amide bonds. The number of ether oxygens (including phenoxy) is 2. The summed E-state index contributed by atoms with van der Waals surface area (Å²) in [6, 6.07) is 15.4. The van der Waals surface area contributed by atoms with Crippen LogP contribution in [0.2, 0.25) is 0 Å². The summed E-state index contributed by atoms with van der Waals surface area (Å²) in [5, 5.41) is 16.7. The van der Waals surface area contributed by atoms with Gasteiger partial charge in [0.15, 0.2) is 0 Å².